The number of nitrogens with one attached hydrogen (secondary N) is 1. The average Bonchev–Trinajstić information content (AvgIpc) is 2.71. The fraction of sp³-hybridized carbons (Fsp3) is 0.136. The van der Waals surface area contributed by atoms with Crippen LogP contribution in [-0.4, -0.2) is 23.0 Å². The molecule has 0 unspecified atom stereocenters. The summed E-state index contributed by atoms with van der Waals surface area (Å²) in [4.78, 5) is 15.0. The topological polar surface area (TPSA) is 61.8 Å². The molecule has 5 nitrogen and oxygen atoms in total. The van der Waals surface area contributed by atoms with E-state index in [9.17, 15) is 9.90 Å². The largest absolute Gasteiger partial charge is 0.504 e. The lowest BCUT2D eigenvalue weighted by molar-refractivity contribution is 0.0666. The van der Waals surface area contributed by atoms with Gasteiger partial charge in [0.1, 0.15) is 6.17 Å². The molecule has 1 heterocycles. The van der Waals surface area contributed by atoms with Crippen molar-refractivity contribution < 1.29 is 14.6 Å². The summed E-state index contributed by atoms with van der Waals surface area (Å²) in [6.45, 7) is 0.467. The van der Waals surface area contributed by atoms with Crippen molar-refractivity contribution in [3.63, 3.8) is 0 Å². The molecular weight excluding hydrogens is 340 g/mol. The van der Waals surface area contributed by atoms with Crippen LogP contribution in [0.1, 0.15) is 27.7 Å². The summed E-state index contributed by atoms with van der Waals surface area (Å²) in [5, 5.41) is 13.4. The van der Waals surface area contributed by atoms with E-state index in [1.807, 2.05) is 54.6 Å². The van der Waals surface area contributed by atoms with Gasteiger partial charge < -0.3 is 20.1 Å². The van der Waals surface area contributed by atoms with Crippen molar-refractivity contribution in [2.75, 3.05) is 12.4 Å². The Labute approximate surface area is 157 Å². The SMILES string of the molecule is COc1cc([C@H]2Nc3ccccc3C(=O)N2Cc2ccccc2)ccc1O. The summed E-state index contributed by atoms with van der Waals surface area (Å²) in [7, 11) is 1.51. The van der Waals surface area contributed by atoms with E-state index in [0.29, 0.717) is 17.9 Å². The Kier molecular flexibility index (Phi) is 4.42. The number of carbonyl (C=O) groups is 1. The zero-order valence-electron chi connectivity index (χ0n) is 14.9. The van der Waals surface area contributed by atoms with Gasteiger partial charge in [-0.25, -0.2) is 0 Å². The molecule has 1 atom stereocenters. The molecule has 1 aliphatic heterocycles. The number of hydrogen-bond donors (Lipinski definition) is 2. The number of carbonyl (C=O) groups excluding carboxylic acids is 1. The second-order valence-electron chi connectivity index (χ2n) is 6.44. The first kappa shape index (κ1) is 17.0. The molecule has 0 aliphatic carbocycles. The van der Waals surface area contributed by atoms with Gasteiger partial charge in [-0.2, -0.15) is 0 Å². The number of phenols is 1. The van der Waals surface area contributed by atoms with Crippen LogP contribution >= 0.6 is 0 Å². The normalized spacial score (nSPS) is 15.8. The van der Waals surface area contributed by atoms with E-state index in [4.69, 9.17) is 4.74 Å². The van der Waals surface area contributed by atoms with Gasteiger partial charge in [0.15, 0.2) is 11.5 Å². The van der Waals surface area contributed by atoms with Gasteiger partial charge in [0, 0.05) is 12.2 Å². The third kappa shape index (κ3) is 3.19. The molecule has 1 amide bonds. The molecule has 5 heteroatoms. The van der Waals surface area contributed by atoms with Crippen LogP contribution in [0.3, 0.4) is 0 Å². The highest BCUT2D eigenvalue weighted by molar-refractivity contribution is 6.01. The predicted molar refractivity (Wildman–Crippen MR) is 104 cm³/mol. The van der Waals surface area contributed by atoms with E-state index in [2.05, 4.69) is 5.32 Å². The highest BCUT2D eigenvalue weighted by Gasteiger charge is 2.33. The minimum absolute atomic E-state index is 0.0368. The number of anilines is 1. The number of ether oxygens (including phenoxy) is 1. The number of nitrogens with zero attached hydrogens (tertiary/aromatic N) is 1. The van der Waals surface area contributed by atoms with Crippen LogP contribution < -0.4 is 10.1 Å². The molecule has 0 bridgehead atoms. The molecule has 0 saturated heterocycles. The monoisotopic (exact) mass is 360 g/mol. The Morgan fingerprint density at radius 1 is 1.04 bits per heavy atom. The average molecular weight is 360 g/mol. The van der Waals surface area contributed by atoms with Crippen LogP contribution in [0.2, 0.25) is 0 Å². The zero-order chi connectivity index (χ0) is 18.8. The van der Waals surface area contributed by atoms with E-state index in [0.717, 1.165) is 16.8 Å². The molecule has 0 saturated carbocycles. The zero-order valence-corrected chi connectivity index (χ0v) is 14.9. The van der Waals surface area contributed by atoms with Gasteiger partial charge in [0.2, 0.25) is 0 Å². The molecule has 3 aromatic rings. The van der Waals surface area contributed by atoms with Gasteiger partial charge in [-0.05, 0) is 35.4 Å². The van der Waals surface area contributed by atoms with Crippen LogP contribution in [0.25, 0.3) is 0 Å². The summed E-state index contributed by atoms with van der Waals surface area (Å²) < 4.78 is 5.25. The lowest BCUT2D eigenvalue weighted by Crippen LogP contribution is -2.42. The fourth-order valence-corrected chi connectivity index (χ4v) is 3.36. The van der Waals surface area contributed by atoms with E-state index >= 15 is 0 Å². The molecule has 1 aliphatic rings. The summed E-state index contributed by atoms with van der Waals surface area (Å²) in [6.07, 6.45) is -0.373. The Hall–Kier alpha value is -3.47. The molecule has 3 aromatic carbocycles. The second kappa shape index (κ2) is 7.03. The number of para-hydroxylation sites is 1. The van der Waals surface area contributed by atoms with Gasteiger partial charge in [0.05, 0.1) is 12.7 Å². The van der Waals surface area contributed by atoms with Crippen molar-refractivity contribution in [1.82, 2.24) is 4.90 Å². The van der Waals surface area contributed by atoms with E-state index in [1.165, 1.54) is 7.11 Å². The smallest absolute Gasteiger partial charge is 0.258 e. The summed E-state index contributed by atoms with van der Waals surface area (Å²) in [6, 6.07) is 22.5. The molecular formula is C22H20N2O3. The number of benzene rings is 3. The highest BCUT2D eigenvalue weighted by Crippen LogP contribution is 2.37. The van der Waals surface area contributed by atoms with E-state index in [-0.39, 0.29) is 17.8 Å². The van der Waals surface area contributed by atoms with Crippen molar-refractivity contribution >= 4 is 11.6 Å². The van der Waals surface area contributed by atoms with Crippen LogP contribution in [0.4, 0.5) is 5.69 Å². The fourth-order valence-electron chi connectivity index (χ4n) is 3.36. The maximum Gasteiger partial charge on any atom is 0.258 e. The molecule has 0 radical (unpaired) electrons. The Bertz CT molecular complexity index is 972. The van der Waals surface area contributed by atoms with Crippen LogP contribution in [0.15, 0.2) is 72.8 Å². The minimum Gasteiger partial charge on any atom is -0.504 e. The van der Waals surface area contributed by atoms with Crippen molar-refractivity contribution in [1.29, 1.82) is 0 Å². The van der Waals surface area contributed by atoms with Gasteiger partial charge in [-0.1, -0.05) is 48.5 Å². The standard InChI is InChI=1S/C22H20N2O3/c1-27-20-13-16(11-12-19(20)25)21-23-18-10-6-5-9-17(18)22(26)24(21)14-15-7-3-2-4-8-15/h2-13,21,23,25H,14H2,1H3/t21-/m0/s1. The first-order valence-electron chi connectivity index (χ1n) is 8.75. The van der Waals surface area contributed by atoms with Crippen LogP contribution in [0.5, 0.6) is 11.5 Å². The number of rotatable bonds is 4. The van der Waals surface area contributed by atoms with Crippen molar-refractivity contribution in [2.24, 2.45) is 0 Å². The minimum atomic E-state index is -0.373. The van der Waals surface area contributed by atoms with Gasteiger partial charge in [0.25, 0.3) is 5.91 Å². The summed E-state index contributed by atoms with van der Waals surface area (Å²) in [5.74, 6) is 0.406. The predicted octanol–water partition coefficient (Wildman–Crippen LogP) is 4.17. The van der Waals surface area contributed by atoms with Gasteiger partial charge in [-0.15, -0.1) is 0 Å². The number of amides is 1. The quantitative estimate of drug-likeness (QED) is 0.733. The Balaban J connectivity index is 1.77. The molecule has 0 fully saturated rings. The molecule has 27 heavy (non-hydrogen) atoms. The van der Waals surface area contributed by atoms with E-state index < -0.39 is 0 Å². The molecule has 2 N–H and O–H groups in total. The van der Waals surface area contributed by atoms with Crippen LogP contribution in [0, 0.1) is 0 Å². The molecule has 136 valence electrons. The lowest BCUT2D eigenvalue weighted by Gasteiger charge is -2.38. The molecule has 0 aromatic heterocycles. The maximum atomic E-state index is 13.2. The number of aromatic hydroxyl groups is 1. The van der Waals surface area contributed by atoms with Crippen molar-refractivity contribution in [2.45, 2.75) is 12.7 Å². The third-order valence-corrected chi connectivity index (χ3v) is 4.74. The summed E-state index contributed by atoms with van der Waals surface area (Å²) >= 11 is 0. The second-order valence-corrected chi connectivity index (χ2v) is 6.44. The van der Waals surface area contributed by atoms with Crippen molar-refractivity contribution in [3.05, 3.63) is 89.5 Å². The molecule has 0 spiro atoms. The van der Waals surface area contributed by atoms with Gasteiger partial charge >= 0.3 is 0 Å². The number of phenolic OH excluding ortho intramolecular Hbond substituents is 1. The number of hydrogen-bond acceptors (Lipinski definition) is 4. The number of methoxy groups -OCH3 is 1. The Morgan fingerprint density at radius 2 is 1.78 bits per heavy atom. The third-order valence-electron chi connectivity index (χ3n) is 4.74. The number of fused-ring (bicyclic) bond motifs is 1. The van der Waals surface area contributed by atoms with Crippen LogP contribution in [-0.2, 0) is 6.54 Å². The lowest BCUT2D eigenvalue weighted by atomic mass is 10.0. The maximum absolute atomic E-state index is 13.2. The first-order valence-corrected chi connectivity index (χ1v) is 8.75. The van der Waals surface area contributed by atoms with Gasteiger partial charge in [-0.3, -0.25) is 4.79 Å². The van der Waals surface area contributed by atoms with Crippen molar-refractivity contribution in [3.8, 4) is 11.5 Å². The first-order chi connectivity index (χ1) is 13.2. The molecule has 4 rings (SSSR count). The summed E-state index contributed by atoms with van der Waals surface area (Å²) in [5.41, 5.74) is 3.32. The highest BCUT2D eigenvalue weighted by atomic mass is 16.5. The Morgan fingerprint density at radius 3 is 2.56 bits per heavy atom. The van der Waals surface area contributed by atoms with E-state index in [1.54, 1.807) is 23.1 Å².